The van der Waals surface area contributed by atoms with Crippen LogP contribution in [0.1, 0.15) is 19.3 Å². The van der Waals surface area contributed by atoms with Gasteiger partial charge in [-0.25, -0.2) is 13.1 Å². The van der Waals surface area contributed by atoms with Crippen molar-refractivity contribution in [3.05, 3.63) is 0 Å². The molecule has 0 bridgehead atoms. The molecule has 0 amide bonds. The molecule has 1 aliphatic carbocycles. The molecular formula is C8H18N2O2S. The van der Waals surface area contributed by atoms with Crippen molar-refractivity contribution in [1.82, 2.24) is 10.0 Å². The van der Waals surface area contributed by atoms with E-state index in [9.17, 15) is 8.42 Å². The lowest BCUT2D eigenvalue weighted by Crippen LogP contribution is -2.34. The summed E-state index contributed by atoms with van der Waals surface area (Å²) in [6, 6.07) is 0. The molecule has 78 valence electrons. The molecule has 0 atom stereocenters. The van der Waals surface area contributed by atoms with Crippen molar-refractivity contribution in [1.29, 1.82) is 0 Å². The van der Waals surface area contributed by atoms with Gasteiger partial charge in [-0.2, -0.15) is 0 Å². The molecule has 5 heteroatoms. The van der Waals surface area contributed by atoms with Gasteiger partial charge in [-0.15, -0.1) is 0 Å². The predicted molar refractivity (Wildman–Crippen MR) is 53.1 cm³/mol. The van der Waals surface area contributed by atoms with Crippen molar-refractivity contribution in [2.24, 2.45) is 5.92 Å². The third kappa shape index (κ3) is 5.23. The summed E-state index contributed by atoms with van der Waals surface area (Å²) < 4.78 is 23.8. The molecule has 2 N–H and O–H groups in total. The monoisotopic (exact) mass is 206 g/mol. The third-order valence-electron chi connectivity index (χ3n) is 2.32. The van der Waals surface area contributed by atoms with Crippen LogP contribution in [-0.4, -0.2) is 34.3 Å². The van der Waals surface area contributed by atoms with E-state index in [-0.39, 0.29) is 0 Å². The maximum Gasteiger partial charge on any atom is 0.208 e. The van der Waals surface area contributed by atoms with E-state index in [4.69, 9.17) is 0 Å². The van der Waals surface area contributed by atoms with E-state index in [1.54, 1.807) is 0 Å². The maximum atomic E-state index is 10.7. The summed E-state index contributed by atoms with van der Waals surface area (Å²) >= 11 is 0. The van der Waals surface area contributed by atoms with Crippen LogP contribution in [0, 0.1) is 5.92 Å². The van der Waals surface area contributed by atoms with Gasteiger partial charge in [-0.3, -0.25) is 0 Å². The Hall–Kier alpha value is -0.130. The normalized spacial score (nSPS) is 18.5. The Morgan fingerprint density at radius 2 is 2.00 bits per heavy atom. The maximum absolute atomic E-state index is 10.7. The molecule has 0 heterocycles. The molecule has 1 aliphatic rings. The van der Waals surface area contributed by atoms with E-state index >= 15 is 0 Å². The molecule has 0 unspecified atom stereocenters. The lowest BCUT2D eigenvalue weighted by atomic mass is 9.85. The van der Waals surface area contributed by atoms with Gasteiger partial charge in [0.2, 0.25) is 10.0 Å². The van der Waals surface area contributed by atoms with Crippen molar-refractivity contribution in [3.8, 4) is 0 Å². The van der Waals surface area contributed by atoms with E-state index in [1.807, 2.05) is 0 Å². The van der Waals surface area contributed by atoms with Crippen molar-refractivity contribution < 1.29 is 8.42 Å². The van der Waals surface area contributed by atoms with Gasteiger partial charge >= 0.3 is 0 Å². The van der Waals surface area contributed by atoms with Crippen LogP contribution in [0.5, 0.6) is 0 Å². The van der Waals surface area contributed by atoms with Crippen LogP contribution in [0.15, 0.2) is 0 Å². The van der Waals surface area contributed by atoms with Crippen LogP contribution < -0.4 is 10.0 Å². The minimum atomic E-state index is -3.01. The van der Waals surface area contributed by atoms with Crippen LogP contribution in [0.3, 0.4) is 0 Å². The van der Waals surface area contributed by atoms with Gasteiger partial charge in [0.1, 0.15) is 0 Å². The molecule has 0 radical (unpaired) electrons. The Morgan fingerprint density at radius 3 is 2.46 bits per heavy atom. The average Bonchev–Trinajstić information content (AvgIpc) is 1.90. The first kappa shape index (κ1) is 10.9. The van der Waals surface area contributed by atoms with Gasteiger partial charge in [0.15, 0.2) is 0 Å². The molecule has 1 rings (SSSR count). The lowest BCUT2D eigenvalue weighted by molar-refractivity contribution is 0.303. The standard InChI is InChI=1S/C8H18N2O2S/c1-13(11,12)10-6-5-9-7-8-3-2-4-8/h8-10H,2-7H2,1H3. The van der Waals surface area contributed by atoms with E-state index in [0.717, 1.165) is 19.0 Å². The van der Waals surface area contributed by atoms with E-state index in [0.29, 0.717) is 6.54 Å². The van der Waals surface area contributed by atoms with Gasteiger partial charge in [-0.05, 0) is 25.3 Å². The lowest BCUT2D eigenvalue weighted by Gasteiger charge is -2.25. The predicted octanol–water partition coefficient (Wildman–Crippen LogP) is -0.0747. The number of hydrogen-bond donors (Lipinski definition) is 2. The van der Waals surface area contributed by atoms with E-state index in [2.05, 4.69) is 10.0 Å². The van der Waals surface area contributed by atoms with Gasteiger partial charge in [0.05, 0.1) is 6.26 Å². The molecule has 1 saturated carbocycles. The van der Waals surface area contributed by atoms with E-state index < -0.39 is 10.0 Å². The average molecular weight is 206 g/mol. The molecule has 0 aromatic carbocycles. The van der Waals surface area contributed by atoms with Crippen molar-refractivity contribution in [3.63, 3.8) is 0 Å². The zero-order valence-electron chi connectivity index (χ0n) is 8.04. The van der Waals surface area contributed by atoms with Gasteiger partial charge in [0.25, 0.3) is 0 Å². The minimum Gasteiger partial charge on any atom is -0.315 e. The Labute approximate surface area is 80.1 Å². The summed E-state index contributed by atoms with van der Waals surface area (Å²) in [7, 11) is -3.01. The second kappa shape index (κ2) is 4.93. The number of hydrogen-bond acceptors (Lipinski definition) is 3. The summed E-state index contributed by atoms with van der Waals surface area (Å²) in [6.07, 6.45) is 5.19. The van der Waals surface area contributed by atoms with Crippen LogP contribution >= 0.6 is 0 Å². The van der Waals surface area contributed by atoms with Crippen molar-refractivity contribution in [2.45, 2.75) is 19.3 Å². The quantitative estimate of drug-likeness (QED) is 0.598. The van der Waals surface area contributed by atoms with Crippen LogP contribution in [0.4, 0.5) is 0 Å². The van der Waals surface area contributed by atoms with Crippen LogP contribution in [-0.2, 0) is 10.0 Å². The van der Waals surface area contributed by atoms with Gasteiger partial charge < -0.3 is 5.32 Å². The highest BCUT2D eigenvalue weighted by Crippen LogP contribution is 2.24. The third-order valence-corrected chi connectivity index (χ3v) is 3.05. The molecule has 0 spiro atoms. The van der Waals surface area contributed by atoms with Crippen LogP contribution in [0.2, 0.25) is 0 Å². The Bertz CT molecular complexity index is 235. The summed E-state index contributed by atoms with van der Waals surface area (Å²) in [5, 5.41) is 3.23. The van der Waals surface area contributed by atoms with Gasteiger partial charge in [-0.1, -0.05) is 6.42 Å². The summed E-state index contributed by atoms with van der Waals surface area (Å²) in [4.78, 5) is 0. The largest absolute Gasteiger partial charge is 0.315 e. The molecule has 4 nitrogen and oxygen atoms in total. The summed E-state index contributed by atoms with van der Waals surface area (Å²) in [5.74, 6) is 0.832. The first-order chi connectivity index (χ1) is 6.08. The zero-order chi connectivity index (χ0) is 9.73. The zero-order valence-corrected chi connectivity index (χ0v) is 8.86. The Kier molecular flexibility index (Phi) is 4.15. The molecule has 0 aromatic rings. The molecule has 13 heavy (non-hydrogen) atoms. The molecule has 0 saturated heterocycles. The first-order valence-electron chi connectivity index (χ1n) is 4.73. The highest BCUT2D eigenvalue weighted by molar-refractivity contribution is 7.88. The fraction of sp³-hybridized carbons (Fsp3) is 1.00. The highest BCUT2D eigenvalue weighted by atomic mass is 32.2. The Balaban J connectivity index is 1.89. The topological polar surface area (TPSA) is 58.2 Å². The smallest absolute Gasteiger partial charge is 0.208 e. The fourth-order valence-electron chi connectivity index (χ4n) is 1.33. The second-order valence-electron chi connectivity index (χ2n) is 3.67. The molecule has 0 aromatic heterocycles. The summed E-state index contributed by atoms with van der Waals surface area (Å²) in [5.41, 5.74) is 0. The van der Waals surface area contributed by atoms with Crippen molar-refractivity contribution in [2.75, 3.05) is 25.9 Å². The second-order valence-corrected chi connectivity index (χ2v) is 5.50. The molecule has 1 fully saturated rings. The number of nitrogens with one attached hydrogen (secondary N) is 2. The molecular weight excluding hydrogens is 188 g/mol. The first-order valence-corrected chi connectivity index (χ1v) is 6.62. The SMILES string of the molecule is CS(=O)(=O)NCCNCC1CCC1. The molecule has 0 aliphatic heterocycles. The van der Waals surface area contributed by atoms with E-state index in [1.165, 1.54) is 25.5 Å². The number of sulfonamides is 1. The van der Waals surface area contributed by atoms with Crippen molar-refractivity contribution >= 4 is 10.0 Å². The van der Waals surface area contributed by atoms with Crippen LogP contribution in [0.25, 0.3) is 0 Å². The summed E-state index contributed by atoms with van der Waals surface area (Å²) in [6.45, 7) is 2.25. The number of rotatable bonds is 6. The highest BCUT2D eigenvalue weighted by Gasteiger charge is 2.15. The van der Waals surface area contributed by atoms with Gasteiger partial charge in [0, 0.05) is 13.1 Å². The minimum absolute atomic E-state index is 0.492. The fourth-order valence-corrected chi connectivity index (χ4v) is 1.80. The Morgan fingerprint density at radius 1 is 1.31 bits per heavy atom.